The molecule has 112 valence electrons. The molecule has 0 aromatic carbocycles. The van der Waals surface area contributed by atoms with Crippen molar-refractivity contribution in [1.29, 1.82) is 0 Å². The van der Waals surface area contributed by atoms with Crippen molar-refractivity contribution < 1.29 is 4.79 Å². The molecule has 0 aromatic rings. The summed E-state index contributed by atoms with van der Waals surface area (Å²) in [4.78, 5) is 18.8. The number of likely N-dealkylation sites (tertiary alicyclic amines) is 1. The molecule has 0 saturated carbocycles. The van der Waals surface area contributed by atoms with Crippen LogP contribution in [0.25, 0.3) is 0 Å². The monoisotopic (exact) mass is 269 g/mol. The molecule has 1 aliphatic heterocycles. The van der Waals surface area contributed by atoms with E-state index >= 15 is 0 Å². The van der Waals surface area contributed by atoms with Crippen LogP contribution in [0.15, 0.2) is 0 Å². The predicted molar refractivity (Wildman–Crippen MR) is 80.2 cm³/mol. The number of hydrogen-bond acceptors (Lipinski definition) is 3. The van der Waals surface area contributed by atoms with E-state index in [4.69, 9.17) is 0 Å². The molecule has 4 heteroatoms. The lowest BCUT2D eigenvalue weighted by Crippen LogP contribution is -2.51. The van der Waals surface area contributed by atoms with Crippen LogP contribution in [0, 0.1) is 5.92 Å². The summed E-state index contributed by atoms with van der Waals surface area (Å²) in [7, 11) is 6.20. The SMILES string of the molecule is CC(C)C(=O)N(C)[C@H]1CCN(CCN(C)C)[C@@H](C)C1. The smallest absolute Gasteiger partial charge is 0.225 e. The van der Waals surface area contributed by atoms with Crippen molar-refractivity contribution in [3.63, 3.8) is 0 Å². The summed E-state index contributed by atoms with van der Waals surface area (Å²) in [6.07, 6.45) is 2.20. The average molecular weight is 269 g/mol. The van der Waals surface area contributed by atoms with Crippen molar-refractivity contribution in [2.45, 2.75) is 45.7 Å². The third kappa shape index (κ3) is 4.77. The molecule has 1 rings (SSSR count). The second kappa shape index (κ2) is 7.25. The Morgan fingerprint density at radius 3 is 2.42 bits per heavy atom. The van der Waals surface area contributed by atoms with E-state index in [1.54, 1.807) is 0 Å². The van der Waals surface area contributed by atoms with Gasteiger partial charge < -0.3 is 9.80 Å². The van der Waals surface area contributed by atoms with Crippen LogP contribution in [0.3, 0.4) is 0 Å². The molecule has 19 heavy (non-hydrogen) atoms. The van der Waals surface area contributed by atoms with Crippen LogP contribution in [0.2, 0.25) is 0 Å². The molecule has 1 fully saturated rings. The van der Waals surface area contributed by atoms with E-state index in [0.717, 1.165) is 32.5 Å². The zero-order valence-corrected chi connectivity index (χ0v) is 13.5. The standard InChI is InChI=1S/C15H31N3O/c1-12(2)15(19)17(6)14-7-8-18(13(3)11-14)10-9-16(4)5/h12-14H,7-11H2,1-6H3/t13-,14-/m0/s1. The summed E-state index contributed by atoms with van der Waals surface area (Å²) in [6, 6.07) is 0.988. The maximum absolute atomic E-state index is 12.1. The molecule has 1 heterocycles. The van der Waals surface area contributed by atoms with Crippen molar-refractivity contribution in [3.8, 4) is 0 Å². The lowest BCUT2D eigenvalue weighted by molar-refractivity contribution is -0.136. The topological polar surface area (TPSA) is 26.8 Å². The van der Waals surface area contributed by atoms with E-state index in [-0.39, 0.29) is 11.8 Å². The van der Waals surface area contributed by atoms with Gasteiger partial charge in [-0.05, 0) is 33.9 Å². The Hall–Kier alpha value is -0.610. The van der Waals surface area contributed by atoms with E-state index in [1.807, 2.05) is 25.8 Å². The fourth-order valence-electron chi connectivity index (χ4n) is 2.80. The maximum Gasteiger partial charge on any atom is 0.225 e. The Morgan fingerprint density at radius 2 is 1.95 bits per heavy atom. The third-order valence-electron chi connectivity index (χ3n) is 4.21. The van der Waals surface area contributed by atoms with Crippen LogP contribution < -0.4 is 0 Å². The molecule has 0 spiro atoms. The molecule has 0 N–H and O–H groups in total. The maximum atomic E-state index is 12.1. The Labute approximate surface area is 118 Å². The third-order valence-corrected chi connectivity index (χ3v) is 4.21. The number of likely N-dealkylation sites (N-methyl/N-ethyl adjacent to an activating group) is 1. The number of carbonyl (C=O) groups is 1. The van der Waals surface area contributed by atoms with Gasteiger partial charge in [0.1, 0.15) is 0 Å². The van der Waals surface area contributed by atoms with Gasteiger partial charge in [-0.15, -0.1) is 0 Å². The van der Waals surface area contributed by atoms with Crippen molar-refractivity contribution in [2.24, 2.45) is 5.92 Å². The molecular weight excluding hydrogens is 238 g/mol. The van der Waals surface area contributed by atoms with Gasteiger partial charge in [0.25, 0.3) is 0 Å². The Kier molecular flexibility index (Phi) is 6.27. The average Bonchev–Trinajstić information content (AvgIpc) is 2.35. The van der Waals surface area contributed by atoms with Crippen LogP contribution >= 0.6 is 0 Å². The highest BCUT2D eigenvalue weighted by molar-refractivity contribution is 5.78. The lowest BCUT2D eigenvalue weighted by Gasteiger charge is -2.41. The highest BCUT2D eigenvalue weighted by Gasteiger charge is 2.30. The number of nitrogens with zero attached hydrogens (tertiary/aromatic N) is 3. The normalized spacial score (nSPS) is 25.1. The van der Waals surface area contributed by atoms with Crippen molar-refractivity contribution in [1.82, 2.24) is 14.7 Å². The molecule has 4 nitrogen and oxygen atoms in total. The quantitative estimate of drug-likeness (QED) is 0.757. The minimum Gasteiger partial charge on any atom is -0.342 e. The minimum atomic E-state index is 0.104. The Bertz CT molecular complexity index is 291. The molecular formula is C15H31N3O. The van der Waals surface area contributed by atoms with Crippen molar-refractivity contribution >= 4 is 5.91 Å². The van der Waals surface area contributed by atoms with Gasteiger partial charge in [0.05, 0.1) is 0 Å². The van der Waals surface area contributed by atoms with Gasteiger partial charge in [0.15, 0.2) is 0 Å². The first-order valence-electron chi connectivity index (χ1n) is 7.48. The second-order valence-corrected chi connectivity index (χ2v) is 6.47. The fourth-order valence-corrected chi connectivity index (χ4v) is 2.80. The first kappa shape index (κ1) is 16.4. The molecule has 0 unspecified atom stereocenters. The van der Waals surface area contributed by atoms with Gasteiger partial charge in [-0.3, -0.25) is 9.69 Å². The van der Waals surface area contributed by atoms with Crippen molar-refractivity contribution in [2.75, 3.05) is 40.8 Å². The highest BCUT2D eigenvalue weighted by Crippen LogP contribution is 2.21. The molecule has 0 aromatic heterocycles. The zero-order chi connectivity index (χ0) is 14.6. The van der Waals surface area contributed by atoms with Gasteiger partial charge in [-0.25, -0.2) is 0 Å². The molecule has 0 bridgehead atoms. The fraction of sp³-hybridized carbons (Fsp3) is 0.933. The van der Waals surface area contributed by atoms with E-state index in [9.17, 15) is 4.79 Å². The summed E-state index contributed by atoms with van der Waals surface area (Å²) < 4.78 is 0. The summed E-state index contributed by atoms with van der Waals surface area (Å²) in [5.74, 6) is 0.381. The highest BCUT2D eigenvalue weighted by atomic mass is 16.2. The second-order valence-electron chi connectivity index (χ2n) is 6.47. The van der Waals surface area contributed by atoms with E-state index in [1.165, 1.54) is 0 Å². The Morgan fingerprint density at radius 1 is 1.32 bits per heavy atom. The minimum absolute atomic E-state index is 0.104. The molecule has 0 radical (unpaired) electrons. The van der Waals surface area contributed by atoms with Gasteiger partial charge in [0.2, 0.25) is 5.91 Å². The van der Waals surface area contributed by atoms with E-state index in [0.29, 0.717) is 12.1 Å². The van der Waals surface area contributed by atoms with E-state index in [2.05, 4.69) is 30.8 Å². The molecule has 1 amide bonds. The molecule has 0 aliphatic carbocycles. The number of carbonyl (C=O) groups excluding carboxylic acids is 1. The zero-order valence-electron chi connectivity index (χ0n) is 13.5. The van der Waals surface area contributed by atoms with Crippen LogP contribution in [-0.4, -0.2) is 73.5 Å². The van der Waals surface area contributed by atoms with Gasteiger partial charge in [0, 0.05) is 44.7 Å². The first-order chi connectivity index (χ1) is 8.82. The predicted octanol–water partition coefficient (Wildman–Crippen LogP) is 1.52. The number of rotatable bonds is 5. The number of piperidine rings is 1. The molecule has 1 saturated heterocycles. The summed E-state index contributed by atoms with van der Waals surface area (Å²) in [5, 5.41) is 0. The van der Waals surface area contributed by atoms with Crippen LogP contribution in [0.4, 0.5) is 0 Å². The summed E-state index contributed by atoms with van der Waals surface area (Å²) in [6.45, 7) is 9.59. The van der Waals surface area contributed by atoms with Gasteiger partial charge >= 0.3 is 0 Å². The van der Waals surface area contributed by atoms with Crippen LogP contribution in [0.5, 0.6) is 0 Å². The van der Waals surface area contributed by atoms with Crippen LogP contribution in [0.1, 0.15) is 33.6 Å². The van der Waals surface area contributed by atoms with Gasteiger partial charge in [-0.1, -0.05) is 13.8 Å². The molecule has 2 atom stereocenters. The first-order valence-corrected chi connectivity index (χ1v) is 7.48. The number of hydrogen-bond donors (Lipinski definition) is 0. The lowest BCUT2D eigenvalue weighted by atomic mass is 9.96. The Balaban J connectivity index is 2.46. The largest absolute Gasteiger partial charge is 0.342 e. The van der Waals surface area contributed by atoms with Crippen LogP contribution in [-0.2, 0) is 4.79 Å². The van der Waals surface area contributed by atoms with E-state index < -0.39 is 0 Å². The summed E-state index contributed by atoms with van der Waals surface area (Å²) >= 11 is 0. The molecule has 1 aliphatic rings. The van der Waals surface area contributed by atoms with Crippen molar-refractivity contribution in [3.05, 3.63) is 0 Å². The van der Waals surface area contributed by atoms with Gasteiger partial charge in [-0.2, -0.15) is 0 Å². The summed E-state index contributed by atoms with van der Waals surface area (Å²) in [5.41, 5.74) is 0. The number of amides is 1.